The third-order valence-corrected chi connectivity index (χ3v) is 4.37. The molecule has 1 aliphatic heterocycles. The zero-order valence-electron chi connectivity index (χ0n) is 12.7. The number of amides is 1. The minimum atomic E-state index is -0.689. The summed E-state index contributed by atoms with van der Waals surface area (Å²) in [5, 5.41) is 3.59. The molecule has 21 heavy (non-hydrogen) atoms. The molecule has 2 rings (SSSR count). The van der Waals surface area contributed by atoms with Gasteiger partial charge < -0.3 is 14.8 Å². The number of hydrogen-bond acceptors (Lipinski definition) is 5. The van der Waals surface area contributed by atoms with Crippen LogP contribution in [0.2, 0.25) is 0 Å². The van der Waals surface area contributed by atoms with Gasteiger partial charge in [-0.15, -0.1) is 0 Å². The zero-order chi connectivity index (χ0) is 15.5. The van der Waals surface area contributed by atoms with E-state index in [1.54, 1.807) is 26.0 Å². The van der Waals surface area contributed by atoms with Gasteiger partial charge in [0.15, 0.2) is 16.7 Å². The SMILES string of the molecule is COc1ccc(C(C)(C)C(=O)NC2=NCCS2)cc1OC. The number of nitrogens with one attached hydrogen (secondary N) is 1. The molecule has 5 nitrogen and oxygen atoms in total. The van der Waals surface area contributed by atoms with Crippen LogP contribution in [0.25, 0.3) is 0 Å². The van der Waals surface area contributed by atoms with Crippen LogP contribution in [0.4, 0.5) is 0 Å². The minimum absolute atomic E-state index is 0.0807. The summed E-state index contributed by atoms with van der Waals surface area (Å²) >= 11 is 1.57. The molecule has 1 aromatic rings. The number of thioether (sulfide) groups is 1. The predicted octanol–water partition coefficient (Wildman–Crippen LogP) is 2.20. The van der Waals surface area contributed by atoms with E-state index in [-0.39, 0.29) is 5.91 Å². The summed E-state index contributed by atoms with van der Waals surface area (Å²) < 4.78 is 10.5. The summed E-state index contributed by atoms with van der Waals surface area (Å²) in [7, 11) is 3.17. The first kappa shape index (κ1) is 15.7. The highest BCUT2D eigenvalue weighted by Crippen LogP contribution is 2.33. The smallest absolute Gasteiger partial charge is 0.236 e. The molecule has 1 N–H and O–H groups in total. The van der Waals surface area contributed by atoms with Gasteiger partial charge in [0.05, 0.1) is 26.2 Å². The second-order valence-corrected chi connectivity index (χ2v) is 6.27. The number of hydrogen-bond donors (Lipinski definition) is 1. The highest BCUT2D eigenvalue weighted by atomic mass is 32.2. The summed E-state index contributed by atoms with van der Waals surface area (Å²) in [4.78, 5) is 16.7. The van der Waals surface area contributed by atoms with Gasteiger partial charge in [0.25, 0.3) is 0 Å². The van der Waals surface area contributed by atoms with Crippen molar-refractivity contribution in [1.29, 1.82) is 0 Å². The summed E-state index contributed by atoms with van der Waals surface area (Å²) in [6, 6.07) is 5.53. The standard InChI is InChI=1S/C15H20N2O3S/c1-15(2,13(18)17-14-16-7-8-21-14)10-5-6-11(19-3)12(9-10)20-4/h5-6,9H,7-8H2,1-4H3,(H,16,17,18). The third kappa shape index (κ3) is 3.32. The van der Waals surface area contributed by atoms with E-state index in [1.807, 2.05) is 32.0 Å². The van der Waals surface area contributed by atoms with Crippen molar-refractivity contribution in [3.8, 4) is 11.5 Å². The van der Waals surface area contributed by atoms with E-state index in [9.17, 15) is 4.79 Å². The maximum absolute atomic E-state index is 12.5. The average molecular weight is 308 g/mol. The molecule has 0 spiro atoms. The van der Waals surface area contributed by atoms with Crippen LogP contribution >= 0.6 is 11.8 Å². The van der Waals surface area contributed by atoms with Gasteiger partial charge in [0, 0.05) is 5.75 Å². The van der Waals surface area contributed by atoms with Crippen molar-refractivity contribution < 1.29 is 14.3 Å². The van der Waals surface area contributed by atoms with Crippen LogP contribution < -0.4 is 14.8 Å². The van der Waals surface area contributed by atoms with Crippen LogP contribution in [0, 0.1) is 0 Å². The van der Waals surface area contributed by atoms with E-state index in [4.69, 9.17) is 9.47 Å². The lowest BCUT2D eigenvalue weighted by molar-refractivity contribution is -0.124. The van der Waals surface area contributed by atoms with Crippen LogP contribution in [-0.2, 0) is 10.2 Å². The number of aliphatic imine (C=N–C) groups is 1. The first-order valence-electron chi connectivity index (χ1n) is 6.70. The summed E-state index contributed by atoms with van der Waals surface area (Å²) in [6.07, 6.45) is 0. The number of carbonyl (C=O) groups is 1. The molecule has 0 unspecified atom stereocenters. The number of carbonyl (C=O) groups excluding carboxylic acids is 1. The molecule has 0 atom stereocenters. The van der Waals surface area contributed by atoms with Crippen LogP contribution in [0.15, 0.2) is 23.2 Å². The van der Waals surface area contributed by atoms with Gasteiger partial charge in [0.1, 0.15) is 0 Å². The van der Waals surface area contributed by atoms with Gasteiger partial charge in [-0.25, -0.2) is 0 Å². The molecule has 114 valence electrons. The summed E-state index contributed by atoms with van der Waals surface area (Å²) in [6.45, 7) is 4.52. The van der Waals surface area contributed by atoms with E-state index in [0.29, 0.717) is 16.7 Å². The molecule has 1 aliphatic rings. The molecular formula is C15H20N2O3S. The molecule has 0 saturated carbocycles. The van der Waals surface area contributed by atoms with Crippen molar-refractivity contribution in [3.05, 3.63) is 23.8 Å². The Morgan fingerprint density at radius 3 is 2.57 bits per heavy atom. The van der Waals surface area contributed by atoms with Gasteiger partial charge in [-0.05, 0) is 31.5 Å². The molecule has 6 heteroatoms. The lowest BCUT2D eigenvalue weighted by Crippen LogP contribution is -2.41. The summed E-state index contributed by atoms with van der Waals surface area (Å²) in [5.41, 5.74) is 0.173. The van der Waals surface area contributed by atoms with Gasteiger partial charge in [0.2, 0.25) is 5.91 Å². The fourth-order valence-corrected chi connectivity index (χ4v) is 2.74. The maximum atomic E-state index is 12.5. The highest BCUT2D eigenvalue weighted by Gasteiger charge is 2.32. The van der Waals surface area contributed by atoms with Gasteiger partial charge >= 0.3 is 0 Å². The minimum Gasteiger partial charge on any atom is -0.493 e. The number of benzene rings is 1. The average Bonchev–Trinajstić information content (AvgIpc) is 2.99. The van der Waals surface area contributed by atoms with E-state index < -0.39 is 5.41 Å². The van der Waals surface area contributed by atoms with Crippen molar-refractivity contribution in [1.82, 2.24) is 5.32 Å². The van der Waals surface area contributed by atoms with Gasteiger partial charge in [-0.3, -0.25) is 9.79 Å². The Labute approximate surface area is 129 Å². The van der Waals surface area contributed by atoms with E-state index in [1.165, 1.54) is 0 Å². The fourth-order valence-electron chi connectivity index (χ4n) is 2.02. The molecule has 0 bridgehead atoms. The molecule has 0 fully saturated rings. The Morgan fingerprint density at radius 1 is 1.29 bits per heavy atom. The number of rotatable bonds is 4. The molecule has 0 aliphatic carbocycles. The van der Waals surface area contributed by atoms with Crippen molar-refractivity contribution in [3.63, 3.8) is 0 Å². The molecule has 1 heterocycles. The first-order chi connectivity index (χ1) is 9.98. The second kappa shape index (κ2) is 6.39. The second-order valence-electron chi connectivity index (χ2n) is 5.18. The van der Waals surface area contributed by atoms with Crippen LogP contribution in [0.5, 0.6) is 11.5 Å². The van der Waals surface area contributed by atoms with E-state index >= 15 is 0 Å². The molecule has 1 amide bonds. The largest absolute Gasteiger partial charge is 0.493 e. The van der Waals surface area contributed by atoms with Crippen LogP contribution in [-0.4, -0.2) is 37.6 Å². The molecule has 0 aromatic heterocycles. The number of methoxy groups -OCH3 is 2. The predicted molar refractivity (Wildman–Crippen MR) is 85.5 cm³/mol. The third-order valence-electron chi connectivity index (χ3n) is 3.48. The van der Waals surface area contributed by atoms with E-state index in [0.717, 1.165) is 17.9 Å². The van der Waals surface area contributed by atoms with Crippen molar-refractivity contribution >= 4 is 22.8 Å². The topological polar surface area (TPSA) is 59.9 Å². The zero-order valence-corrected chi connectivity index (χ0v) is 13.5. The monoisotopic (exact) mass is 308 g/mol. The Bertz CT molecular complexity index is 570. The number of ether oxygens (including phenoxy) is 2. The van der Waals surface area contributed by atoms with Crippen molar-refractivity contribution in [2.75, 3.05) is 26.5 Å². The lowest BCUT2D eigenvalue weighted by Gasteiger charge is -2.25. The highest BCUT2D eigenvalue weighted by molar-refractivity contribution is 8.14. The fraction of sp³-hybridized carbons (Fsp3) is 0.467. The number of amidine groups is 1. The van der Waals surface area contributed by atoms with Gasteiger partial charge in [-0.2, -0.15) is 0 Å². The Balaban J connectivity index is 2.23. The Kier molecular flexibility index (Phi) is 4.77. The van der Waals surface area contributed by atoms with E-state index in [2.05, 4.69) is 10.3 Å². The van der Waals surface area contributed by atoms with Crippen molar-refractivity contribution in [2.24, 2.45) is 4.99 Å². The quantitative estimate of drug-likeness (QED) is 0.926. The van der Waals surface area contributed by atoms with Crippen LogP contribution in [0.3, 0.4) is 0 Å². The van der Waals surface area contributed by atoms with Crippen LogP contribution in [0.1, 0.15) is 19.4 Å². The molecular weight excluding hydrogens is 288 g/mol. The maximum Gasteiger partial charge on any atom is 0.236 e. The normalized spacial score (nSPS) is 14.6. The Morgan fingerprint density at radius 2 is 2.00 bits per heavy atom. The molecule has 0 radical (unpaired) electrons. The first-order valence-corrected chi connectivity index (χ1v) is 7.69. The Hall–Kier alpha value is -1.69. The van der Waals surface area contributed by atoms with Gasteiger partial charge in [-0.1, -0.05) is 17.8 Å². The lowest BCUT2D eigenvalue weighted by atomic mass is 9.83. The van der Waals surface area contributed by atoms with Crippen molar-refractivity contribution in [2.45, 2.75) is 19.3 Å². The summed E-state index contributed by atoms with van der Waals surface area (Å²) in [5.74, 6) is 2.10. The molecule has 0 saturated heterocycles. The molecule has 1 aromatic carbocycles. The number of nitrogens with zero attached hydrogens (tertiary/aromatic N) is 1.